The van der Waals surface area contributed by atoms with E-state index in [1.165, 1.54) is 4.88 Å². The minimum absolute atomic E-state index is 0.178. The predicted octanol–water partition coefficient (Wildman–Crippen LogP) is 2.81. The van der Waals surface area contributed by atoms with Crippen LogP contribution in [0.4, 0.5) is 0 Å². The lowest BCUT2D eigenvalue weighted by Crippen LogP contribution is -2.12. The van der Waals surface area contributed by atoms with Crippen molar-refractivity contribution in [2.45, 2.75) is 13.0 Å². The number of nitrogens with one attached hydrogen (secondary N) is 1. The highest BCUT2D eigenvalue weighted by Crippen LogP contribution is 2.16. The Labute approximate surface area is 104 Å². The number of benzene rings is 1. The normalized spacial score (nSPS) is 10.1. The largest absolute Gasteiger partial charge is 0.488 e. The molecule has 17 heavy (non-hydrogen) atoms. The van der Waals surface area contributed by atoms with Crippen LogP contribution in [0.25, 0.3) is 0 Å². The van der Waals surface area contributed by atoms with Gasteiger partial charge in [0.15, 0.2) is 0 Å². The van der Waals surface area contributed by atoms with Crippen LogP contribution in [0.5, 0.6) is 5.75 Å². The van der Waals surface area contributed by atoms with Gasteiger partial charge in [-0.05, 0) is 29.1 Å². The van der Waals surface area contributed by atoms with E-state index < -0.39 is 0 Å². The van der Waals surface area contributed by atoms with Crippen molar-refractivity contribution in [1.29, 1.82) is 5.41 Å². The lowest BCUT2D eigenvalue weighted by molar-refractivity contribution is 0.310. The van der Waals surface area contributed by atoms with Gasteiger partial charge in [-0.3, -0.25) is 5.41 Å². The second-order valence-corrected chi connectivity index (χ2v) is 4.75. The van der Waals surface area contributed by atoms with Crippen LogP contribution in [-0.4, -0.2) is 5.84 Å². The highest BCUT2D eigenvalue weighted by molar-refractivity contribution is 7.09. The fraction of sp³-hybridized carbons (Fsp3) is 0.154. The van der Waals surface area contributed by atoms with E-state index in [1.807, 2.05) is 35.7 Å². The first-order valence-corrected chi connectivity index (χ1v) is 6.19. The van der Waals surface area contributed by atoms with Crippen molar-refractivity contribution in [3.05, 3.63) is 52.2 Å². The Kier molecular flexibility index (Phi) is 3.77. The van der Waals surface area contributed by atoms with Crippen molar-refractivity contribution in [3.63, 3.8) is 0 Å². The molecule has 0 saturated heterocycles. The number of hydrogen-bond acceptors (Lipinski definition) is 3. The molecule has 0 saturated carbocycles. The molecule has 0 bridgehead atoms. The summed E-state index contributed by atoms with van der Waals surface area (Å²) in [6.07, 6.45) is 0.491. The van der Waals surface area contributed by atoms with Crippen LogP contribution in [0.1, 0.15) is 10.4 Å². The molecule has 1 aromatic heterocycles. The lowest BCUT2D eigenvalue weighted by atomic mass is 10.1. The van der Waals surface area contributed by atoms with Gasteiger partial charge in [0.25, 0.3) is 0 Å². The number of rotatable bonds is 5. The van der Waals surface area contributed by atoms with Crippen LogP contribution in [-0.2, 0) is 13.0 Å². The Hall–Kier alpha value is -1.81. The van der Waals surface area contributed by atoms with Crippen molar-refractivity contribution in [2.75, 3.05) is 0 Å². The van der Waals surface area contributed by atoms with Crippen LogP contribution in [0.3, 0.4) is 0 Å². The van der Waals surface area contributed by atoms with Crippen molar-refractivity contribution in [1.82, 2.24) is 0 Å². The monoisotopic (exact) mass is 246 g/mol. The Morgan fingerprint density at radius 2 is 2.00 bits per heavy atom. The van der Waals surface area contributed by atoms with Gasteiger partial charge < -0.3 is 10.5 Å². The molecule has 0 aliphatic rings. The zero-order valence-corrected chi connectivity index (χ0v) is 10.2. The van der Waals surface area contributed by atoms with Crippen molar-refractivity contribution < 1.29 is 4.74 Å². The summed E-state index contributed by atoms with van der Waals surface area (Å²) in [5, 5.41) is 9.25. The highest BCUT2D eigenvalue weighted by Gasteiger charge is 1.98. The van der Waals surface area contributed by atoms with Gasteiger partial charge in [0, 0.05) is 11.3 Å². The van der Waals surface area contributed by atoms with Gasteiger partial charge in [-0.2, -0.15) is 0 Å². The molecule has 2 rings (SSSR count). The minimum atomic E-state index is 0.178. The number of amidine groups is 1. The van der Waals surface area contributed by atoms with Crippen LogP contribution >= 0.6 is 11.3 Å². The number of thiophene rings is 1. The molecule has 1 heterocycles. The fourth-order valence-electron chi connectivity index (χ4n) is 1.47. The summed E-state index contributed by atoms with van der Waals surface area (Å²) in [7, 11) is 0. The lowest BCUT2D eigenvalue weighted by Gasteiger charge is -2.05. The molecular formula is C13H14N2OS. The summed E-state index contributed by atoms with van der Waals surface area (Å²) in [6, 6.07) is 11.8. The maximum atomic E-state index is 7.21. The molecule has 0 radical (unpaired) electrons. The zero-order valence-electron chi connectivity index (χ0n) is 9.35. The fourth-order valence-corrected chi connectivity index (χ4v) is 2.09. The molecule has 1 aromatic carbocycles. The second kappa shape index (κ2) is 5.50. The number of nitrogens with two attached hydrogens (primary N) is 1. The van der Waals surface area contributed by atoms with E-state index >= 15 is 0 Å². The first-order valence-electron chi connectivity index (χ1n) is 5.31. The molecule has 0 atom stereocenters. The predicted molar refractivity (Wildman–Crippen MR) is 70.7 cm³/mol. The van der Waals surface area contributed by atoms with Gasteiger partial charge in [-0.15, -0.1) is 11.3 Å². The molecule has 0 amide bonds. The summed E-state index contributed by atoms with van der Waals surface area (Å²) in [5.74, 6) is 1.02. The standard InChI is InChI=1S/C13H14N2OS/c14-13(15)8-10-3-5-11(6-4-10)16-9-12-2-1-7-17-12/h1-7H,8-9H2,(H3,14,15). The third-order valence-corrected chi connectivity index (χ3v) is 3.13. The Bertz CT molecular complexity index is 477. The van der Waals surface area contributed by atoms with E-state index in [1.54, 1.807) is 11.3 Å². The van der Waals surface area contributed by atoms with Crippen LogP contribution in [0.15, 0.2) is 41.8 Å². The van der Waals surface area contributed by atoms with Gasteiger partial charge in [0.2, 0.25) is 0 Å². The molecule has 0 fully saturated rings. The number of hydrogen-bond donors (Lipinski definition) is 2. The molecule has 3 nitrogen and oxygen atoms in total. The van der Waals surface area contributed by atoms with Gasteiger partial charge in [0.1, 0.15) is 12.4 Å². The quantitative estimate of drug-likeness (QED) is 0.629. The second-order valence-electron chi connectivity index (χ2n) is 3.71. The Morgan fingerprint density at radius 1 is 1.24 bits per heavy atom. The van der Waals surface area contributed by atoms with Crippen molar-refractivity contribution in [2.24, 2.45) is 5.73 Å². The molecule has 4 heteroatoms. The van der Waals surface area contributed by atoms with Crippen LogP contribution in [0.2, 0.25) is 0 Å². The van der Waals surface area contributed by atoms with Gasteiger partial charge in [-0.25, -0.2) is 0 Å². The van der Waals surface area contributed by atoms with E-state index in [-0.39, 0.29) is 5.84 Å². The van der Waals surface area contributed by atoms with Crippen molar-refractivity contribution in [3.8, 4) is 5.75 Å². The van der Waals surface area contributed by atoms with Gasteiger partial charge >= 0.3 is 0 Å². The topological polar surface area (TPSA) is 59.1 Å². The first kappa shape index (κ1) is 11.7. The van der Waals surface area contributed by atoms with Gasteiger partial charge in [-0.1, -0.05) is 18.2 Å². The van der Waals surface area contributed by atoms with E-state index in [4.69, 9.17) is 15.9 Å². The SMILES string of the molecule is N=C(N)Cc1ccc(OCc2cccs2)cc1. The van der Waals surface area contributed by atoms with Crippen molar-refractivity contribution >= 4 is 17.2 Å². The Balaban J connectivity index is 1.91. The average molecular weight is 246 g/mol. The minimum Gasteiger partial charge on any atom is -0.488 e. The summed E-state index contributed by atoms with van der Waals surface area (Å²) in [4.78, 5) is 1.21. The highest BCUT2D eigenvalue weighted by atomic mass is 32.1. The summed E-state index contributed by atoms with van der Waals surface area (Å²) in [6.45, 7) is 0.601. The smallest absolute Gasteiger partial charge is 0.122 e. The summed E-state index contributed by atoms with van der Waals surface area (Å²) in [5.41, 5.74) is 6.37. The molecule has 3 N–H and O–H groups in total. The van der Waals surface area contributed by atoms with Crippen LogP contribution < -0.4 is 10.5 Å². The summed E-state index contributed by atoms with van der Waals surface area (Å²) >= 11 is 1.68. The summed E-state index contributed by atoms with van der Waals surface area (Å²) < 4.78 is 5.64. The molecule has 2 aromatic rings. The van der Waals surface area contributed by atoms with Crippen LogP contribution in [0, 0.1) is 5.41 Å². The van der Waals surface area contributed by atoms with Gasteiger partial charge in [0.05, 0.1) is 5.84 Å². The van der Waals surface area contributed by atoms with E-state index in [2.05, 4.69) is 6.07 Å². The average Bonchev–Trinajstić information content (AvgIpc) is 2.80. The third-order valence-electron chi connectivity index (χ3n) is 2.28. The Morgan fingerprint density at radius 3 is 2.59 bits per heavy atom. The van der Waals surface area contributed by atoms with E-state index in [0.29, 0.717) is 13.0 Å². The third kappa shape index (κ3) is 3.60. The first-order chi connectivity index (χ1) is 8.24. The van der Waals surface area contributed by atoms with E-state index in [0.717, 1.165) is 11.3 Å². The molecule has 0 aliphatic carbocycles. The zero-order chi connectivity index (χ0) is 12.1. The molecule has 88 valence electrons. The maximum absolute atomic E-state index is 7.21. The molecule has 0 unspecified atom stereocenters. The maximum Gasteiger partial charge on any atom is 0.122 e. The molecular weight excluding hydrogens is 232 g/mol. The molecule has 0 spiro atoms. The van der Waals surface area contributed by atoms with E-state index in [9.17, 15) is 0 Å². The number of ether oxygens (including phenoxy) is 1. The molecule has 0 aliphatic heterocycles.